The Kier molecular flexibility index (Phi) is 5.91. The summed E-state index contributed by atoms with van der Waals surface area (Å²) in [5.41, 5.74) is 9.00. The summed E-state index contributed by atoms with van der Waals surface area (Å²) in [6.07, 6.45) is 0. The first-order valence-corrected chi connectivity index (χ1v) is 9.59. The summed E-state index contributed by atoms with van der Waals surface area (Å²) in [4.78, 5) is 12.9. The number of benzene rings is 3. The quantitative estimate of drug-likeness (QED) is 0.370. The molecule has 0 spiro atoms. The Labute approximate surface area is 198 Å². The zero-order valence-electron chi connectivity index (χ0n) is 17.9. The minimum absolute atomic E-state index is 0. The average molecular weight is 457 g/mol. The van der Waals surface area contributed by atoms with Gasteiger partial charge in [0.05, 0.1) is 5.56 Å². The maximum Gasteiger partial charge on any atom is 0.340 e. The van der Waals surface area contributed by atoms with Crippen LogP contribution >= 0.6 is 0 Å². The van der Waals surface area contributed by atoms with Crippen LogP contribution in [0, 0.1) is 53.7 Å². The van der Waals surface area contributed by atoms with Crippen molar-refractivity contribution in [3.63, 3.8) is 0 Å². The third kappa shape index (κ3) is 3.31. The number of carbonyl (C=O) groups is 1. The van der Waals surface area contributed by atoms with Gasteiger partial charge in [-0.2, -0.15) is 57.6 Å². The van der Waals surface area contributed by atoms with Crippen LogP contribution in [0.4, 0.5) is 0 Å². The molecule has 0 N–H and O–H groups in total. The molecule has 2 nitrogen and oxygen atoms in total. The van der Waals surface area contributed by atoms with E-state index >= 15 is 0 Å². The van der Waals surface area contributed by atoms with Crippen LogP contribution in [0.3, 0.4) is 0 Å². The van der Waals surface area contributed by atoms with Gasteiger partial charge in [0.25, 0.3) is 0 Å². The number of carbonyl (C=O) groups excluding carboxylic acids is 1. The fourth-order valence-corrected chi connectivity index (χ4v) is 4.05. The van der Waals surface area contributed by atoms with Crippen molar-refractivity contribution in [3.05, 3.63) is 104 Å². The van der Waals surface area contributed by atoms with Crippen molar-refractivity contribution in [2.45, 2.75) is 47.1 Å². The second kappa shape index (κ2) is 7.81. The molecular weight excluding hydrogens is 433 g/mol. The van der Waals surface area contributed by atoms with E-state index < -0.39 is 5.60 Å². The monoisotopic (exact) mass is 457 g/mol. The molecule has 29 heavy (non-hydrogen) atoms. The van der Waals surface area contributed by atoms with Gasteiger partial charge in [-0.05, 0) is 6.07 Å². The maximum atomic E-state index is 12.9. The van der Waals surface area contributed by atoms with Gasteiger partial charge in [-0.3, -0.25) is 0 Å². The van der Waals surface area contributed by atoms with Gasteiger partial charge in [0, 0.05) is 38.3 Å². The Bertz CT molecular complexity index is 1020. The molecule has 3 heteroatoms. The van der Waals surface area contributed by atoms with Gasteiger partial charge in [-0.15, -0.1) is 11.1 Å². The van der Waals surface area contributed by atoms with Crippen LogP contribution in [0.2, 0.25) is 0 Å². The molecule has 1 aliphatic heterocycles. The second-order valence-electron chi connectivity index (χ2n) is 7.85. The topological polar surface area (TPSA) is 26.3 Å². The SMILES string of the molecule is Cc1[c-]c(C2(c3[c-]c(C)c(C)c(C)c3)OC(=O)c3ccccc32)cc(C)c1C.[Y]. The van der Waals surface area contributed by atoms with Crippen LogP contribution in [-0.2, 0) is 43.0 Å². The first kappa shape index (κ1) is 21.9. The molecule has 0 saturated heterocycles. The molecule has 1 radical (unpaired) electrons. The first-order chi connectivity index (χ1) is 13.3. The molecule has 0 aliphatic carbocycles. The van der Waals surface area contributed by atoms with Crippen LogP contribution in [0.25, 0.3) is 0 Å². The van der Waals surface area contributed by atoms with E-state index in [1.807, 2.05) is 24.3 Å². The molecule has 3 aromatic carbocycles. The number of aryl methyl sites for hydroxylation is 4. The average Bonchev–Trinajstić information content (AvgIpc) is 2.97. The van der Waals surface area contributed by atoms with Crippen molar-refractivity contribution < 1.29 is 42.2 Å². The van der Waals surface area contributed by atoms with Gasteiger partial charge in [-0.25, -0.2) is 4.79 Å². The number of rotatable bonds is 2. The Hall–Kier alpha value is -1.77. The molecule has 0 atom stereocenters. The fourth-order valence-electron chi connectivity index (χ4n) is 4.05. The summed E-state index contributed by atoms with van der Waals surface area (Å²) < 4.78 is 6.19. The fraction of sp³-hybridized carbons (Fsp3) is 0.269. The van der Waals surface area contributed by atoms with Crippen LogP contribution in [-0.4, -0.2) is 5.97 Å². The normalized spacial score (nSPS) is 14.2. The van der Waals surface area contributed by atoms with Crippen LogP contribution in [0.1, 0.15) is 60.4 Å². The molecule has 0 bridgehead atoms. The molecular formula is C26H24O2Y-2. The van der Waals surface area contributed by atoms with Gasteiger partial charge in [0.2, 0.25) is 0 Å². The Morgan fingerprint density at radius 2 is 1.28 bits per heavy atom. The molecule has 1 aliphatic rings. The minimum Gasteiger partial charge on any atom is -0.445 e. The second-order valence-corrected chi connectivity index (χ2v) is 7.85. The molecule has 3 aromatic rings. The molecule has 0 saturated carbocycles. The van der Waals surface area contributed by atoms with E-state index in [0.717, 1.165) is 38.9 Å². The van der Waals surface area contributed by atoms with E-state index in [2.05, 4.69) is 65.8 Å². The predicted octanol–water partition coefficient (Wildman–Crippen LogP) is 5.60. The first-order valence-electron chi connectivity index (χ1n) is 9.59. The number of esters is 1. The number of cyclic esters (lactones) is 1. The van der Waals surface area contributed by atoms with E-state index in [1.54, 1.807) is 0 Å². The van der Waals surface area contributed by atoms with Gasteiger partial charge < -0.3 is 4.74 Å². The zero-order valence-corrected chi connectivity index (χ0v) is 20.7. The molecule has 0 aromatic heterocycles. The van der Waals surface area contributed by atoms with E-state index in [0.29, 0.717) is 5.56 Å². The van der Waals surface area contributed by atoms with Crippen LogP contribution in [0.15, 0.2) is 36.4 Å². The summed E-state index contributed by atoms with van der Waals surface area (Å²) in [7, 11) is 0. The van der Waals surface area contributed by atoms with E-state index in [9.17, 15) is 4.79 Å². The molecule has 1 heterocycles. The van der Waals surface area contributed by atoms with Crippen molar-refractivity contribution >= 4 is 5.97 Å². The third-order valence-corrected chi connectivity index (χ3v) is 6.20. The molecule has 0 unspecified atom stereocenters. The predicted molar refractivity (Wildman–Crippen MR) is 111 cm³/mol. The third-order valence-electron chi connectivity index (χ3n) is 6.20. The van der Waals surface area contributed by atoms with Gasteiger partial charge in [0.15, 0.2) is 0 Å². The van der Waals surface area contributed by atoms with Gasteiger partial charge >= 0.3 is 5.97 Å². The van der Waals surface area contributed by atoms with Crippen molar-refractivity contribution in [2.75, 3.05) is 0 Å². The number of fused-ring (bicyclic) bond motifs is 1. The largest absolute Gasteiger partial charge is 0.445 e. The summed E-state index contributed by atoms with van der Waals surface area (Å²) >= 11 is 0. The zero-order chi connectivity index (χ0) is 20.2. The summed E-state index contributed by atoms with van der Waals surface area (Å²) in [5.74, 6) is -0.302. The van der Waals surface area contributed by atoms with Crippen molar-refractivity contribution in [3.8, 4) is 0 Å². The minimum atomic E-state index is -1.03. The van der Waals surface area contributed by atoms with E-state index in [4.69, 9.17) is 4.74 Å². The van der Waals surface area contributed by atoms with Gasteiger partial charge in [-0.1, -0.05) is 59.7 Å². The summed E-state index contributed by atoms with van der Waals surface area (Å²) in [6, 6.07) is 18.9. The number of hydrogen-bond donors (Lipinski definition) is 0. The Morgan fingerprint density at radius 3 is 1.76 bits per heavy atom. The molecule has 4 rings (SSSR count). The summed E-state index contributed by atoms with van der Waals surface area (Å²) in [6.45, 7) is 12.5. The maximum absolute atomic E-state index is 12.9. The van der Waals surface area contributed by atoms with Crippen LogP contribution < -0.4 is 0 Å². The smallest absolute Gasteiger partial charge is 0.340 e. The van der Waals surface area contributed by atoms with E-state index in [1.165, 1.54) is 11.1 Å². The Balaban J connectivity index is 0.00000240. The Morgan fingerprint density at radius 1 is 0.793 bits per heavy atom. The van der Waals surface area contributed by atoms with Crippen molar-refractivity contribution in [1.29, 1.82) is 0 Å². The molecule has 145 valence electrons. The van der Waals surface area contributed by atoms with Gasteiger partial charge in [0.1, 0.15) is 5.60 Å². The van der Waals surface area contributed by atoms with Crippen molar-refractivity contribution in [1.82, 2.24) is 0 Å². The standard InChI is InChI=1S/C26H24O2.Y/c1-15-11-21(12-16(2)19(15)5)26(22-13-17(3)20(6)18(4)14-22)24-10-8-7-9-23(24)25(27)28-26;/h7-11,13H,1-6H3;/q-2;. The van der Waals surface area contributed by atoms with Crippen molar-refractivity contribution in [2.24, 2.45) is 0 Å². The number of hydrogen-bond acceptors (Lipinski definition) is 2. The summed E-state index contributed by atoms with van der Waals surface area (Å²) in [5, 5.41) is 0. The van der Waals surface area contributed by atoms with E-state index in [-0.39, 0.29) is 38.7 Å². The van der Waals surface area contributed by atoms with Crippen LogP contribution in [0.5, 0.6) is 0 Å². The molecule has 0 amide bonds. The number of ether oxygens (including phenoxy) is 1. The molecule has 0 fully saturated rings.